The standard InChI is InChI=1S/C15H15N3OS/c1-2-16-14-12(10-20-15-17-7-8-19-15)9-11-5-3-4-6-13(11)18-14/h3-9H,2,10H2,1H3,(H,16,18). The molecule has 2 aromatic heterocycles. The van der Waals surface area contributed by atoms with Crippen molar-refractivity contribution < 1.29 is 4.42 Å². The first kappa shape index (κ1) is 13.0. The zero-order chi connectivity index (χ0) is 13.8. The molecule has 3 aromatic rings. The molecular formula is C15H15N3OS. The molecule has 0 aliphatic rings. The van der Waals surface area contributed by atoms with Crippen molar-refractivity contribution in [1.29, 1.82) is 0 Å². The molecule has 3 rings (SSSR count). The van der Waals surface area contributed by atoms with Gasteiger partial charge in [0.15, 0.2) is 0 Å². The third-order valence-electron chi connectivity index (χ3n) is 2.91. The number of hydrogen-bond acceptors (Lipinski definition) is 5. The molecule has 0 aliphatic carbocycles. The Kier molecular flexibility index (Phi) is 3.87. The molecule has 0 saturated heterocycles. The third-order valence-corrected chi connectivity index (χ3v) is 3.81. The molecule has 0 atom stereocenters. The SMILES string of the molecule is CCNc1nc2ccccc2cc1CSc1ncco1. The lowest BCUT2D eigenvalue weighted by molar-refractivity contribution is 0.454. The maximum absolute atomic E-state index is 5.25. The maximum Gasteiger partial charge on any atom is 0.255 e. The molecule has 0 unspecified atom stereocenters. The number of pyridine rings is 1. The van der Waals surface area contributed by atoms with Gasteiger partial charge in [0.2, 0.25) is 0 Å². The zero-order valence-corrected chi connectivity index (χ0v) is 12.0. The Morgan fingerprint density at radius 1 is 1.30 bits per heavy atom. The molecule has 0 spiro atoms. The van der Waals surface area contributed by atoms with Gasteiger partial charge in [-0.05, 0) is 19.1 Å². The van der Waals surface area contributed by atoms with Crippen LogP contribution in [0, 0.1) is 0 Å². The van der Waals surface area contributed by atoms with Crippen LogP contribution in [0.1, 0.15) is 12.5 Å². The average Bonchev–Trinajstić information content (AvgIpc) is 2.98. The van der Waals surface area contributed by atoms with Crippen molar-refractivity contribution in [1.82, 2.24) is 9.97 Å². The Hall–Kier alpha value is -2.01. The minimum Gasteiger partial charge on any atom is -0.440 e. The molecule has 2 heterocycles. The normalized spacial score (nSPS) is 10.8. The van der Waals surface area contributed by atoms with E-state index in [-0.39, 0.29) is 0 Å². The van der Waals surface area contributed by atoms with Crippen LogP contribution >= 0.6 is 11.8 Å². The lowest BCUT2D eigenvalue weighted by atomic mass is 10.1. The number of hydrogen-bond donors (Lipinski definition) is 1. The van der Waals surface area contributed by atoms with Crippen LogP contribution in [0.3, 0.4) is 0 Å². The molecule has 5 heteroatoms. The van der Waals surface area contributed by atoms with Crippen molar-refractivity contribution in [3.63, 3.8) is 0 Å². The smallest absolute Gasteiger partial charge is 0.255 e. The van der Waals surface area contributed by atoms with Crippen LogP contribution in [0.25, 0.3) is 10.9 Å². The van der Waals surface area contributed by atoms with E-state index in [0.29, 0.717) is 5.22 Å². The van der Waals surface area contributed by atoms with Crippen LogP contribution in [-0.2, 0) is 5.75 Å². The van der Waals surface area contributed by atoms with Crippen molar-refractivity contribution in [3.8, 4) is 0 Å². The summed E-state index contributed by atoms with van der Waals surface area (Å²) in [6.45, 7) is 2.92. The van der Waals surface area contributed by atoms with E-state index in [4.69, 9.17) is 4.42 Å². The van der Waals surface area contributed by atoms with Gasteiger partial charge in [-0.2, -0.15) is 0 Å². The monoisotopic (exact) mass is 285 g/mol. The Bertz CT molecular complexity index is 697. The lowest BCUT2D eigenvalue weighted by Crippen LogP contribution is -2.03. The average molecular weight is 285 g/mol. The van der Waals surface area contributed by atoms with E-state index in [2.05, 4.69) is 34.3 Å². The number of fused-ring (bicyclic) bond motifs is 1. The van der Waals surface area contributed by atoms with Crippen LogP contribution in [0.15, 0.2) is 52.4 Å². The van der Waals surface area contributed by atoms with E-state index < -0.39 is 0 Å². The maximum atomic E-state index is 5.25. The first-order valence-corrected chi connectivity index (χ1v) is 7.50. The van der Waals surface area contributed by atoms with E-state index in [9.17, 15) is 0 Å². The quantitative estimate of drug-likeness (QED) is 0.719. The molecule has 0 aliphatic heterocycles. The fraction of sp³-hybridized carbons (Fsp3) is 0.200. The van der Waals surface area contributed by atoms with Crippen LogP contribution in [0.5, 0.6) is 0 Å². The summed E-state index contributed by atoms with van der Waals surface area (Å²) in [4.78, 5) is 8.81. The molecule has 4 nitrogen and oxygen atoms in total. The summed E-state index contributed by atoms with van der Waals surface area (Å²) < 4.78 is 5.25. The molecule has 0 amide bonds. The summed E-state index contributed by atoms with van der Waals surface area (Å²) in [6.07, 6.45) is 3.25. The van der Waals surface area contributed by atoms with Crippen LogP contribution in [0.2, 0.25) is 0 Å². The highest BCUT2D eigenvalue weighted by Crippen LogP contribution is 2.27. The van der Waals surface area contributed by atoms with Crippen molar-refractivity contribution in [2.75, 3.05) is 11.9 Å². The Balaban J connectivity index is 1.92. The molecular weight excluding hydrogens is 270 g/mol. The number of oxazole rings is 1. The fourth-order valence-corrected chi connectivity index (χ4v) is 2.77. The van der Waals surface area contributed by atoms with Gasteiger partial charge >= 0.3 is 0 Å². The summed E-state index contributed by atoms with van der Waals surface area (Å²) in [5.74, 6) is 1.71. The first-order valence-electron chi connectivity index (χ1n) is 6.51. The number of benzene rings is 1. The molecule has 102 valence electrons. The van der Waals surface area contributed by atoms with Crippen LogP contribution in [0.4, 0.5) is 5.82 Å². The number of nitrogens with zero attached hydrogens (tertiary/aromatic N) is 2. The number of rotatable bonds is 5. The minimum atomic E-state index is 0.681. The zero-order valence-electron chi connectivity index (χ0n) is 11.2. The number of anilines is 1. The van der Waals surface area contributed by atoms with Gasteiger partial charge in [0.05, 0.1) is 11.7 Å². The highest BCUT2D eigenvalue weighted by molar-refractivity contribution is 7.98. The summed E-state index contributed by atoms with van der Waals surface area (Å²) >= 11 is 1.57. The van der Waals surface area contributed by atoms with E-state index in [1.165, 1.54) is 0 Å². The van der Waals surface area contributed by atoms with E-state index >= 15 is 0 Å². The molecule has 1 N–H and O–H groups in total. The second-order valence-electron chi connectivity index (χ2n) is 4.31. The lowest BCUT2D eigenvalue weighted by Gasteiger charge is -2.10. The van der Waals surface area contributed by atoms with Gasteiger partial charge in [-0.1, -0.05) is 30.0 Å². The highest BCUT2D eigenvalue weighted by atomic mass is 32.2. The van der Waals surface area contributed by atoms with Crippen molar-refractivity contribution in [2.45, 2.75) is 17.9 Å². The van der Waals surface area contributed by atoms with Gasteiger partial charge in [0.1, 0.15) is 12.1 Å². The Labute approximate surface area is 121 Å². The predicted molar refractivity (Wildman–Crippen MR) is 82.0 cm³/mol. The van der Waals surface area contributed by atoms with Crippen molar-refractivity contribution in [3.05, 3.63) is 48.4 Å². The van der Waals surface area contributed by atoms with Gasteiger partial charge < -0.3 is 9.73 Å². The van der Waals surface area contributed by atoms with Gasteiger partial charge in [0.25, 0.3) is 5.22 Å². The number of thioether (sulfide) groups is 1. The molecule has 20 heavy (non-hydrogen) atoms. The molecule has 0 fully saturated rings. The number of aromatic nitrogens is 2. The van der Waals surface area contributed by atoms with Gasteiger partial charge in [-0.15, -0.1) is 0 Å². The number of nitrogens with one attached hydrogen (secondary N) is 1. The van der Waals surface area contributed by atoms with E-state index in [1.807, 2.05) is 18.2 Å². The minimum absolute atomic E-state index is 0.681. The largest absolute Gasteiger partial charge is 0.440 e. The summed E-state index contributed by atoms with van der Waals surface area (Å²) in [7, 11) is 0. The van der Waals surface area contributed by atoms with Crippen molar-refractivity contribution in [2.24, 2.45) is 0 Å². The van der Waals surface area contributed by atoms with Gasteiger partial charge in [-0.25, -0.2) is 9.97 Å². The molecule has 0 saturated carbocycles. The summed E-state index contributed by atoms with van der Waals surface area (Å²) in [6, 6.07) is 10.3. The predicted octanol–water partition coefficient (Wildman–Crippen LogP) is 3.95. The summed E-state index contributed by atoms with van der Waals surface area (Å²) in [5, 5.41) is 5.15. The topological polar surface area (TPSA) is 51.0 Å². The van der Waals surface area contributed by atoms with Crippen LogP contribution in [-0.4, -0.2) is 16.5 Å². The number of para-hydroxylation sites is 1. The molecule has 0 bridgehead atoms. The second kappa shape index (κ2) is 5.96. The van der Waals surface area contributed by atoms with Crippen LogP contribution < -0.4 is 5.32 Å². The van der Waals surface area contributed by atoms with E-state index in [0.717, 1.165) is 34.6 Å². The molecule has 1 aromatic carbocycles. The summed E-state index contributed by atoms with van der Waals surface area (Å²) in [5.41, 5.74) is 2.17. The van der Waals surface area contributed by atoms with Gasteiger partial charge in [0, 0.05) is 23.2 Å². The first-order chi connectivity index (χ1) is 9.86. The highest BCUT2D eigenvalue weighted by Gasteiger charge is 2.08. The third kappa shape index (κ3) is 2.77. The second-order valence-corrected chi connectivity index (χ2v) is 5.23. The van der Waals surface area contributed by atoms with E-state index in [1.54, 1.807) is 24.2 Å². The molecule has 0 radical (unpaired) electrons. The van der Waals surface area contributed by atoms with Crippen molar-refractivity contribution >= 4 is 28.5 Å². The Morgan fingerprint density at radius 2 is 2.20 bits per heavy atom. The van der Waals surface area contributed by atoms with Gasteiger partial charge in [-0.3, -0.25) is 0 Å². The fourth-order valence-electron chi connectivity index (χ4n) is 2.01. The Morgan fingerprint density at radius 3 is 3.00 bits per heavy atom.